The smallest absolute Gasteiger partial charge is 0.266 e. The summed E-state index contributed by atoms with van der Waals surface area (Å²) in [6.45, 7) is 2.16. The van der Waals surface area contributed by atoms with Crippen LogP contribution in [-0.2, 0) is 9.59 Å². The molecule has 2 aromatic carbocycles. The lowest BCUT2D eigenvalue weighted by molar-refractivity contribution is -0.116. The molecule has 33 heavy (non-hydrogen) atoms. The summed E-state index contributed by atoms with van der Waals surface area (Å²) in [5, 5.41) is 13.9. The third kappa shape index (κ3) is 4.83. The van der Waals surface area contributed by atoms with Crippen molar-refractivity contribution < 1.29 is 23.5 Å². The van der Waals surface area contributed by atoms with Crippen LogP contribution in [-0.4, -0.2) is 30.0 Å². The first-order valence-corrected chi connectivity index (χ1v) is 10.7. The molecule has 0 aliphatic carbocycles. The number of hydrogen-bond donors (Lipinski definition) is 1. The zero-order valence-corrected chi connectivity index (χ0v) is 18.2. The lowest BCUT2D eigenvalue weighted by Crippen LogP contribution is -2.23. The quantitative estimate of drug-likeness (QED) is 0.446. The van der Waals surface area contributed by atoms with Crippen LogP contribution < -0.4 is 19.7 Å². The predicted octanol–water partition coefficient (Wildman–Crippen LogP) is 4.28. The molecule has 1 N–H and O–H groups in total. The Morgan fingerprint density at radius 3 is 2.70 bits per heavy atom. The Bertz CT molecular complexity index is 1300. The molecule has 0 saturated heterocycles. The van der Waals surface area contributed by atoms with Gasteiger partial charge < -0.3 is 14.8 Å². The standard InChI is InChI=1S/C23H17FN4O4S/c1-14(29)28(19-5-3-2-4-18(19)24)23-27-17(13-33-23)10-15(12-25)22(30)26-16-6-7-20-21(11-16)32-9-8-31-20/h2-7,10-11,13H,8-9H2,1H3,(H,26,30)/b15-10+. The molecule has 3 aromatic rings. The van der Waals surface area contributed by atoms with E-state index in [9.17, 15) is 19.2 Å². The number of para-hydroxylation sites is 1. The predicted molar refractivity (Wildman–Crippen MR) is 121 cm³/mol. The average Bonchev–Trinajstić information content (AvgIpc) is 3.26. The van der Waals surface area contributed by atoms with E-state index < -0.39 is 17.6 Å². The van der Waals surface area contributed by atoms with E-state index in [1.807, 2.05) is 6.07 Å². The molecule has 0 atom stereocenters. The minimum atomic E-state index is -0.638. The summed E-state index contributed by atoms with van der Waals surface area (Å²) in [7, 11) is 0. The number of anilines is 3. The number of ether oxygens (including phenoxy) is 2. The molecule has 8 nitrogen and oxygen atoms in total. The van der Waals surface area contributed by atoms with Crippen LogP contribution in [0.5, 0.6) is 11.5 Å². The summed E-state index contributed by atoms with van der Waals surface area (Å²) in [5.74, 6) is -0.557. The van der Waals surface area contributed by atoms with Gasteiger partial charge in [-0.15, -0.1) is 11.3 Å². The van der Waals surface area contributed by atoms with Gasteiger partial charge in [0.05, 0.1) is 11.4 Å². The number of benzene rings is 2. The zero-order chi connectivity index (χ0) is 23.4. The largest absolute Gasteiger partial charge is 0.486 e. The molecular formula is C23H17FN4O4S. The van der Waals surface area contributed by atoms with Gasteiger partial charge in [-0.2, -0.15) is 5.26 Å². The number of rotatable bonds is 5. The first-order chi connectivity index (χ1) is 16.0. The molecule has 10 heteroatoms. The summed E-state index contributed by atoms with van der Waals surface area (Å²) in [5.41, 5.74) is 0.590. The van der Waals surface area contributed by atoms with Crippen molar-refractivity contribution >= 4 is 45.7 Å². The maximum absolute atomic E-state index is 14.2. The highest BCUT2D eigenvalue weighted by atomic mass is 32.1. The van der Waals surface area contributed by atoms with Gasteiger partial charge in [-0.05, 0) is 30.3 Å². The number of hydrogen-bond acceptors (Lipinski definition) is 7. The number of carbonyl (C=O) groups is 2. The molecule has 4 rings (SSSR count). The second-order valence-electron chi connectivity index (χ2n) is 6.84. The van der Waals surface area contributed by atoms with Crippen LogP contribution in [0.2, 0.25) is 0 Å². The monoisotopic (exact) mass is 464 g/mol. The Morgan fingerprint density at radius 1 is 1.21 bits per heavy atom. The van der Waals surface area contributed by atoms with Gasteiger partial charge in [-0.1, -0.05) is 12.1 Å². The Labute approximate surface area is 192 Å². The lowest BCUT2D eigenvalue weighted by atomic mass is 10.2. The minimum absolute atomic E-state index is 0.0618. The molecule has 0 bridgehead atoms. The number of nitriles is 1. The number of halogens is 1. The number of aromatic nitrogens is 1. The van der Waals surface area contributed by atoms with E-state index >= 15 is 0 Å². The normalized spacial score (nSPS) is 12.6. The summed E-state index contributed by atoms with van der Waals surface area (Å²) < 4.78 is 25.2. The van der Waals surface area contributed by atoms with Crippen LogP contribution in [0.1, 0.15) is 12.6 Å². The fourth-order valence-corrected chi connectivity index (χ4v) is 3.94. The van der Waals surface area contributed by atoms with E-state index in [-0.39, 0.29) is 22.1 Å². The molecule has 0 radical (unpaired) electrons. The van der Waals surface area contributed by atoms with Crippen LogP contribution in [0.25, 0.3) is 6.08 Å². The Kier molecular flexibility index (Phi) is 6.33. The third-order valence-corrected chi connectivity index (χ3v) is 5.41. The topological polar surface area (TPSA) is 105 Å². The second kappa shape index (κ2) is 9.50. The van der Waals surface area contributed by atoms with Gasteiger partial charge >= 0.3 is 0 Å². The summed E-state index contributed by atoms with van der Waals surface area (Å²) in [4.78, 5) is 30.2. The minimum Gasteiger partial charge on any atom is -0.486 e. The number of fused-ring (bicyclic) bond motifs is 1. The lowest BCUT2D eigenvalue weighted by Gasteiger charge is -2.18. The Hall–Kier alpha value is -4.23. The summed E-state index contributed by atoms with van der Waals surface area (Å²) in [6.07, 6.45) is 1.30. The Morgan fingerprint density at radius 2 is 1.97 bits per heavy atom. The van der Waals surface area contributed by atoms with Crippen molar-refractivity contribution in [2.24, 2.45) is 0 Å². The van der Waals surface area contributed by atoms with Crippen molar-refractivity contribution in [3.8, 4) is 17.6 Å². The molecule has 0 unspecified atom stereocenters. The van der Waals surface area contributed by atoms with Gasteiger partial charge in [0.2, 0.25) is 5.91 Å². The van der Waals surface area contributed by atoms with E-state index in [1.165, 1.54) is 31.2 Å². The van der Waals surface area contributed by atoms with Gasteiger partial charge in [0, 0.05) is 24.1 Å². The van der Waals surface area contributed by atoms with Crippen molar-refractivity contribution in [1.29, 1.82) is 5.26 Å². The highest BCUT2D eigenvalue weighted by Gasteiger charge is 2.21. The van der Waals surface area contributed by atoms with Crippen molar-refractivity contribution in [2.75, 3.05) is 23.4 Å². The summed E-state index contributed by atoms with van der Waals surface area (Å²) >= 11 is 1.08. The molecule has 1 aromatic heterocycles. The van der Waals surface area contributed by atoms with E-state index in [1.54, 1.807) is 29.6 Å². The highest BCUT2D eigenvalue weighted by molar-refractivity contribution is 7.14. The Balaban J connectivity index is 1.55. The fourth-order valence-electron chi connectivity index (χ4n) is 3.10. The molecule has 166 valence electrons. The van der Waals surface area contributed by atoms with Crippen LogP contribution in [0.15, 0.2) is 53.4 Å². The zero-order valence-electron chi connectivity index (χ0n) is 17.4. The second-order valence-corrected chi connectivity index (χ2v) is 7.68. The molecule has 1 aliphatic heterocycles. The van der Waals surface area contributed by atoms with E-state index in [0.29, 0.717) is 30.4 Å². The first kappa shape index (κ1) is 22.0. The van der Waals surface area contributed by atoms with Gasteiger partial charge in [0.1, 0.15) is 30.7 Å². The van der Waals surface area contributed by atoms with Crippen molar-refractivity contribution in [3.05, 3.63) is 64.9 Å². The SMILES string of the molecule is CC(=O)N(c1nc(/C=C(\C#N)C(=O)Nc2ccc3c(c2)OCCO3)cs1)c1ccccc1F. The van der Waals surface area contributed by atoms with Crippen LogP contribution in [0, 0.1) is 17.1 Å². The van der Waals surface area contributed by atoms with E-state index in [0.717, 1.165) is 16.2 Å². The molecule has 2 amide bonds. The van der Waals surface area contributed by atoms with Crippen molar-refractivity contribution in [3.63, 3.8) is 0 Å². The maximum Gasteiger partial charge on any atom is 0.266 e. The molecule has 0 fully saturated rings. The number of thiazole rings is 1. The van der Waals surface area contributed by atoms with Gasteiger partial charge in [-0.25, -0.2) is 9.37 Å². The van der Waals surface area contributed by atoms with Crippen LogP contribution in [0.3, 0.4) is 0 Å². The molecule has 0 saturated carbocycles. The number of amides is 2. The van der Waals surface area contributed by atoms with Crippen LogP contribution >= 0.6 is 11.3 Å². The van der Waals surface area contributed by atoms with Crippen molar-refractivity contribution in [1.82, 2.24) is 4.98 Å². The number of nitrogens with one attached hydrogen (secondary N) is 1. The van der Waals surface area contributed by atoms with Gasteiger partial charge in [0.15, 0.2) is 16.6 Å². The van der Waals surface area contributed by atoms with Gasteiger partial charge in [0.25, 0.3) is 5.91 Å². The average molecular weight is 464 g/mol. The number of carbonyl (C=O) groups excluding carboxylic acids is 2. The van der Waals surface area contributed by atoms with E-state index in [2.05, 4.69) is 10.3 Å². The molecule has 0 spiro atoms. The number of nitrogens with zero attached hydrogens (tertiary/aromatic N) is 3. The fraction of sp³-hybridized carbons (Fsp3) is 0.130. The molecule has 2 heterocycles. The van der Waals surface area contributed by atoms with Crippen LogP contribution in [0.4, 0.5) is 20.9 Å². The maximum atomic E-state index is 14.2. The first-order valence-electron chi connectivity index (χ1n) is 9.80. The van der Waals surface area contributed by atoms with E-state index in [4.69, 9.17) is 9.47 Å². The van der Waals surface area contributed by atoms with Gasteiger partial charge in [-0.3, -0.25) is 14.5 Å². The van der Waals surface area contributed by atoms with Crippen molar-refractivity contribution in [2.45, 2.75) is 6.92 Å². The molecular weight excluding hydrogens is 447 g/mol. The third-order valence-electron chi connectivity index (χ3n) is 4.57. The molecule has 1 aliphatic rings. The summed E-state index contributed by atoms with van der Waals surface area (Å²) in [6, 6.07) is 12.6. The highest BCUT2D eigenvalue weighted by Crippen LogP contribution is 2.33.